The highest BCUT2D eigenvalue weighted by atomic mass is 32.2. The fourth-order valence-corrected chi connectivity index (χ4v) is 3.40. The number of carbonyl (C=O) groups excluding carboxylic acids is 1. The van der Waals surface area contributed by atoms with Gasteiger partial charge >= 0.3 is 0 Å². The molecule has 7 nitrogen and oxygen atoms in total. The van der Waals surface area contributed by atoms with Crippen LogP contribution in [0.1, 0.15) is 22.8 Å². The number of para-hydroxylation sites is 1. The Bertz CT molecular complexity index is 881. The van der Waals surface area contributed by atoms with Crippen molar-refractivity contribution >= 4 is 15.9 Å². The predicted molar refractivity (Wildman–Crippen MR) is 98.0 cm³/mol. The Labute approximate surface area is 153 Å². The first-order valence-electron chi connectivity index (χ1n) is 8.03. The van der Waals surface area contributed by atoms with E-state index in [0.29, 0.717) is 18.1 Å². The molecule has 140 valence electrons. The zero-order chi connectivity index (χ0) is 19.2. The number of amides is 1. The summed E-state index contributed by atoms with van der Waals surface area (Å²) in [4.78, 5) is 11.9. The molecule has 0 saturated carbocycles. The summed E-state index contributed by atoms with van der Waals surface area (Å²) in [5.41, 5.74) is 0.866. The van der Waals surface area contributed by atoms with Crippen molar-refractivity contribution in [3.63, 3.8) is 0 Å². The Hall–Kier alpha value is -2.58. The van der Waals surface area contributed by atoms with Crippen molar-refractivity contribution in [2.75, 3.05) is 20.8 Å². The molecule has 0 atom stereocenters. The van der Waals surface area contributed by atoms with Crippen LogP contribution in [-0.4, -0.2) is 35.1 Å². The third-order valence-electron chi connectivity index (χ3n) is 3.68. The number of nitrogens with one attached hydrogen (secondary N) is 2. The van der Waals surface area contributed by atoms with E-state index in [1.54, 1.807) is 12.1 Å². The molecule has 0 fully saturated rings. The van der Waals surface area contributed by atoms with Crippen LogP contribution in [0, 0.1) is 0 Å². The first-order chi connectivity index (χ1) is 12.4. The van der Waals surface area contributed by atoms with E-state index < -0.39 is 15.9 Å². The average molecular weight is 378 g/mol. The van der Waals surface area contributed by atoms with Crippen molar-refractivity contribution in [3.8, 4) is 11.5 Å². The zero-order valence-electron chi connectivity index (χ0n) is 14.9. The highest BCUT2D eigenvalue weighted by molar-refractivity contribution is 7.89. The van der Waals surface area contributed by atoms with Crippen LogP contribution >= 0.6 is 0 Å². The lowest BCUT2D eigenvalue weighted by Crippen LogP contribution is -2.25. The summed E-state index contributed by atoms with van der Waals surface area (Å²) in [6, 6.07) is 11.3. The fourth-order valence-electron chi connectivity index (χ4n) is 2.37. The van der Waals surface area contributed by atoms with E-state index in [0.717, 1.165) is 5.56 Å². The minimum absolute atomic E-state index is 0.0224. The normalized spacial score (nSPS) is 11.0. The molecule has 0 radical (unpaired) electrons. The van der Waals surface area contributed by atoms with E-state index in [4.69, 9.17) is 9.47 Å². The SMILES string of the molecule is CCOc1ccccc1CNS(=O)(=O)c1ccc(OC)c(C(=O)NC)c1. The lowest BCUT2D eigenvalue weighted by atomic mass is 10.2. The summed E-state index contributed by atoms with van der Waals surface area (Å²) >= 11 is 0. The summed E-state index contributed by atoms with van der Waals surface area (Å²) in [7, 11) is -0.941. The van der Waals surface area contributed by atoms with E-state index in [2.05, 4.69) is 10.0 Å². The second-order valence-electron chi connectivity index (χ2n) is 5.31. The van der Waals surface area contributed by atoms with Gasteiger partial charge in [0.25, 0.3) is 5.91 Å². The molecule has 8 heteroatoms. The molecule has 0 heterocycles. The van der Waals surface area contributed by atoms with Gasteiger partial charge in [0.05, 0.1) is 24.2 Å². The maximum Gasteiger partial charge on any atom is 0.254 e. The van der Waals surface area contributed by atoms with Crippen LogP contribution < -0.4 is 19.5 Å². The summed E-state index contributed by atoms with van der Waals surface area (Å²) in [5.74, 6) is 0.490. The molecule has 0 saturated heterocycles. The van der Waals surface area contributed by atoms with Crippen LogP contribution in [0.15, 0.2) is 47.4 Å². The summed E-state index contributed by atoms with van der Waals surface area (Å²) in [6.45, 7) is 2.41. The van der Waals surface area contributed by atoms with Crippen LogP contribution in [0.25, 0.3) is 0 Å². The van der Waals surface area contributed by atoms with Crippen LogP contribution in [0.2, 0.25) is 0 Å². The largest absolute Gasteiger partial charge is 0.496 e. The molecule has 0 aliphatic rings. The second kappa shape index (κ2) is 8.68. The minimum Gasteiger partial charge on any atom is -0.496 e. The number of rotatable bonds is 8. The van der Waals surface area contributed by atoms with E-state index in [1.165, 1.54) is 32.4 Å². The average Bonchev–Trinajstić information content (AvgIpc) is 2.66. The fraction of sp³-hybridized carbons (Fsp3) is 0.278. The quantitative estimate of drug-likeness (QED) is 0.732. The van der Waals surface area contributed by atoms with Gasteiger partial charge in [-0.15, -0.1) is 0 Å². The van der Waals surface area contributed by atoms with Crippen molar-refractivity contribution in [3.05, 3.63) is 53.6 Å². The second-order valence-corrected chi connectivity index (χ2v) is 7.07. The number of benzene rings is 2. The topological polar surface area (TPSA) is 93.7 Å². The summed E-state index contributed by atoms with van der Waals surface area (Å²) in [6.07, 6.45) is 0. The van der Waals surface area contributed by atoms with Crippen LogP contribution in [0.4, 0.5) is 0 Å². The van der Waals surface area contributed by atoms with Gasteiger partial charge in [-0.3, -0.25) is 4.79 Å². The van der Waals surface area contributed by atoms with Crippen LogP contribution in [-0.2, 0) is 16.6 Å². The molecule has 0 spiro atoms. The van der Waals surface area contributed by atoms with Gasteiger partial charge in [-0.05, 0) is 31.2 Å². The molecular weight excluding hydrogens is 356 g/mol. The van der Waals surface area contributed by atoms with E-state index >= 15 is 0 Å². The van der Waals surface area contributed by atoms with Crippen LogP contribution in [0.5, 0.6) is 11.5 Å². The van der Waals surface area contributed by atoms with Gasteiger partial charge in [0.15, 0.2) is 0 Å². The molecule has 2 aromatic rings. The highest BCUT2D eigenvalue weighted by Gasteiger charge is 2.19. The molecule has 26 heavy (non-hydrogen) atoms. The summed E-state index contributed by atoms with van der Waals surface area (Å²) < 4.78 is 38.4. The van der Waals surface area contributed by atoms with Gasteiger partial charge in [0.2, 0.25) is 10.0 Å². The molecule has 0 aromatic heterocycles. The number of ether oxygens (including phenoxy) is 2. The molecule has 0 unspecified atom stereocenters. The minimum atomic E-state index is -3.82. The monoisotopic (exact) mass is 378 g/mol. The maximum absolute atomic E-state index is 12.6. The Morgan fingerprint density at radius 2 is 1.85 bits per heavy atom. The number of hydrogen-bond donors (Lipinski definition) is 2. The maximum atomic E-state index is 12.6. The molecule has 0 bridgehead atoms. The zero-order valence-corrected chi connectivity index (χ0v) is 15.7. The third kappa shape index (κ3) is 4.53. The molecule has 2 aromatic carbocycles. The van der Waals surface area contributed by atoms with E-state index in [9.17, 15) is 13.2 Å². The standard InChI is InChI=1S/C18H22N2O5S/c1-4-25-16-8-6-5-7-13(16)12-20-26(22,23)14-9-10-17(24-3)15(11-14)18(21)19-2/h5-11,20H,4,12H2,1-3H3,(H,19,21). The lowest BCUT2D eigenvalue weighted by molar-refractivity contribution is 0.0960. The molecule has 0 aliphatic heterocycles. The third-order valence-corrected chi connectivity index (χ3v) is 5.08. The smallest absolute Gasteiger partial charge is 0.254 e. The predicted octanol–water partition coefficient (Wildman–Crippen LogP) is 1.93. The first-order valence-corrected chi connectivity index (χ1v) is 9.51. The Kier molecular flexibility index (Phi) is 6.59. The molecule has 2 N–H and O–H groups in total. The molecule has 2 rings (SSSR count). The van der Waals surface area contributed by atoms with Gasteiger partial charge in [-0.1, -0.05) is 18.2 Å². The van der Waals surface area contributed by atoms with Crippen molar-refractivity contribution in [2.24, 2.45) is 0 Å². The molecule has 0 aliphatic carbocycles. The number of hydrogen-bond acceptors (Lipinski definition) is 5. The van der Waals surface area contributed by atoms with Crippen molar-refractivity contribution in [1.29, 1.82) is 0 Å². The Morgan fingerprint density at radius 3 is 2.50 bits per heavy atom. The van der Waals surface area contributed by atoms with E-state index in [-0.39, 0.29) is 17.0 Å². The lowest BCUT2D eigenvalue weighted by Gasteiger charge is -2.13. The number of carbonyl (C=O) groups is 1. The van der Waals surface area contributed by atoms with E-state index in [1.807, 2.05) is 19.1 Å². The Morgan fingerprint density at radius 1 is 1.12 bits per heavy atom. The van der Waals surface area contributed by atoms with Crippen molar-refractivity contribution < 1.29 is 22.7 Å². The van der Waals surface area contributed by atoms with Gasteiger partial charge in [0.1, 0.15) is 11.5 Å². The van der Waals surface area contributed by atoms with Crippen molar-refractivity contribution in [1.82, 2.24) is 10.0 Å². The highest BCUT2D eigenvalue weighted by Crippen LogP contribution is 2.23. The molecule has 1 amide bonds. The van der Waals surface area contributed by atoms with Gasteiger partial charge in [-0.2, -0.15) is 0 Å². The summed E-state index contributed by atoms with van der Waals surface area (Å²) in [5, 5.41) is 2.46. The van der Waals surface area contributed by atoms with Gasteiger partial charge in [-0.25, -0.2) is 13.1 Å². The first kappa shape index (κ1) is 19.7. The number of methoxy groups -OCH3 is 1. The van der Waals surface area contributed by atoms with Gasteiger partial charge < -0.3 is 14.8 Å². The number of sulfonamides is 1. The van der Waals surface area contributed by atoms with Crippen LogP contribution in [0.3, 0.4) is 0 Å². The molecular formula is C18H22N2O5S. The van der Waals surface area contributed by atoms with Crippen molar-refractivity contribution in [2.45, 2.75) is 18.4 Å². The van der Waals surface area contributed by atoms with Gasteiger partial charge in [0, 0.05) is 19.2 Å². The Balaban J connectivity index is 2.27.